The van der Waals surface area contributed by atoms with Gasteiger partial charge in [0.05, 0.1) is 17.1 Å². The zero-order valence-electron chi connectivity index (χ0n) is 10.6. The van der Waals surface area contributed by atoms with Crippen LogP contribution in [0.4, 0.5) is 17.3 Å². The van der Waals surface area contributed by atoms with Crippen LogP contribution < -0.4 is 10.2 Å². The normalized spacial score (nSPS) is 10.4. The fraction of sp³-hybridized carbons (Fsp3) is 0.545. The first-order chi connectivity index (χ1) is 7.99. The lowest BCUT2D eigenvalue weighted by Crippen LogP contribution is -2.31. The third-order valence-electron chi connectivity index (χ3n) is 2.52. The molecular formula is C11H18N4O2. The van der Waals surface area contributed by atoms with Gasteiger partial charge in [0.15, 0.2) is 0 Å². The summed E-state index contributed by atoms with van der Waals surface area (Å²) in [5.41, 5.74) is 0.0541. The van der Waals surface area contributed by atoms with Gasteiger partial charge in [0.2, 0.25) is 0 Å². The average Bonchev–Trinajstić information content (AvgIpc) is 2.28. The molecule has 0 aliphatic carbocycles. The lowest BCUT2D eigenvalue weighted by molar-refractivity contribution is -0.384. The quantitative estimate of drug-likeness (QED) is 0.629. The second-order valence-electron chi connectivity index (χ2n) is 3.96. The highest BCUT2D eigenvalue weighted by molar-refractivity contribution is 5.56. The van der Waals surface area contributed by atoms with E-state index in [1.807, 2.05) is 25.7 Å². The van der Waals surface area contributed by atoms with Gasteiger partial charge in [-0.15, -0.1) is 0 Å². The van der Waals surface area contributed by atoms with Crippen molar-refractivity contribution in [2.45, 2.75) is 26.8 Å². The number of aromatic nitrogens is 1. The van der Waals surface area contributed by atoms with E-state index < -0.39 is 4.92 Å². The number of nitro groups is 1. The molecular weight excluding hydrogens is 220 g/mol. The predicted molar refractivity (Wildman–Crippen MR) is 68.6 cm³/mol. The Balaban J connectivity index is 3.22. The number of nitrogens with zero attached hydrogens (tertiary/aromatic N) is 3. The number of rotatable bonds is 5. The molecule has 1 aromatic rings. The van der Waals surface area contributed by atoms with E-state index in [-0.39, 0.29) is 11.7 Å². The fourth-order valence-electron chi connectivity index (χ4n) is 1.67. The molecule has 94 valence electrons. The molecule has 0 amide bonds. The minimum atomic E-state index is -0.403. The molecule has 0 bridgehead atoms. The van der Waals surface area contributed by atoms with Gasteiger partial charge in [-0.3, -0.25) is 10.1 Å². The summed E-state index contributed by atoms with van der Waals surface area (Å²) in [6.07, 6.45) is 0. The summed E-state index contributed by atoms with van der Waals surface area (Å²) in [4.78, 5) is 16.8. The number of nitrogens with one attached hydrogen (secondary N) is 1. The lowest BCUT2D eigenvalue weighted by atomic mass is 10.3. The summed E-state index contributed by atoms with van der Waals surface area (Å²) in [5.74, 6) is 1.13. The van der Waals surface area contributed by atoms with Crippen LogP contribution >= 0.6 is 0 Å². The largest absolute Gasteiger partial charge is 0.373 e. The van der Waals surface area contributed by atoms with Crippen molar-refractivity contribution in [2.75, 3.05) is 23.8 Å². The molecule has 6 heteroatoms. The van der Waals surface area contributed by atoms with Gasteiger partial charge in [0, 0.05) is 19.6 Å². The van der Waals surface area contributed by atoms with Crippen molar-refractivity contribution in [3.05, 3.63) is 22.2 Å². The van der Waals surface area contributed by atoms with E-state index in [1.165, 1.54) is 12.1 Å². The second kappa shape index (κ2) is 5.47. The van der Waals surface area contributed by atoms with Crippen molar-refractivity contribution in [3.63, 3.8) is 0 Å². The van der Waals surface area contributed by atoms with Gasteiger partial charge >= 0.3 is 0 Å². The molecule has 0 spiro atoms. The maximum Gasteiger partial charge on any atom is 0.276 e. The van der Waals surface area contributed by atoms with Crippen LogP contribution in [-0.2, 0) is 0 Å². The molecule has 1 N–H and O–H groups in total. The third-order valence-corrected chi connectivity index (χ3v) is 2.52. The number of hydrogen-bond acceptors (Lipinski definition) is 5. The zero-order valence-corrected chi connectivity index (χ0v) is 10.6. The molecule has 0 fully saturated rings. The molecule has 0 radical (unpaired) electrons. The van der Waals surface area contributed by atoms with Gasteiger partial charge in [-0.25, -0.2) is 4.98 Å². The molecule has 1 aromatic heterocycles. The van der Waals surface area contributed by atoms with Crippen molar-refractivity contribution in [2.24, 2.45) is 0 Å². The SMILES string of the molecule is CCN(c1cc([N+](=O)[O-])cc(NC)n1)C(C)C. The predicted octanol–water partition coefficient (Wildman–Crippen LogP) is 2.27. The molecule has 6 nitrogen and oxygen atoms in total. The molecule has 1 heterocycles. The summed E-state index contributed by atoms with van der Waals surface area (Å²) < 4.78 is 0. The molecule has 17 heavy (non-hydrogen) atoms. The van der Waals surface area contributed by atoms with E-state index in [9.17, 15) is 10.1 Å². The Morgan fingerprint density at radius 3 is 2.59 bits per heavy atom. The van der Waals surface area contributed by atoms with Crippen LogP contribution in [0.15, 0.2) is 12.1 Å². The van der Waals surface area contributed by atoms with Gasteiger partial charge in [0.25, 0.3) is 5.69 Å². The first-order valence-electron chi connectivity index (χ1n) is 5.60. The third kappa shape index (κ3) is 3.05. The van der Waals surface area contributed by atoms with Crippen LogP contribution in [0, 0.1) is 10.1 Å². The van der Waals surface area contributed by atoms with Gasteiger partial charge < -0.3 is 10.2 Å². The average molecular weight is 238 g/mol. The fourth-order valence-corrected chi connectivity index (χ4v) is 1.67. The standard InChI is InChI=1S/C11H18N4O2/c1-5-14(8(2)3)11-7-9(15(16)17)6-10(12-4)13-11/h6-8H,5H2,1-4H3,(H,12,13). The Morgan fingerprint density at radius 1 is 1.53 bits per heavy atom. The monoisotopic (exact) mass is 238 g/mol. The van der Waals surface area contributed by atoms with Crippen LogP contribution in [0.1, 0.15) is 20.8 Å². The number of anilines is 2. The van der Waals surface area contributed by atoms with E-state index >= 15 is 0 Å². The Bertz CT molecular complexity index is 406. The summed E-state index contributed by atoms with van der Waals surface area (Å²) in [6, 6.07) is 3.18. The minimum absolute atomic E-state index is 0.0541. The first-order valence-corrected chi connectivity index (χ1v) is 5.60. The van der Waals surface area contributed by atoms with Crippen molar-refractivity contribution in [3.8, 4) is 0 Å². The van der Waals surface area contributed by atoms with Crippen LogP contribution in [0.2, 0.25) is 0 Å². The van der Waals surface area contributed by atoms with Crippen LogP contribution in [0.5, 0.6) is 0 Å². The zero-order chi connectivity index (χ0) is 13.0. The Hall–Kier alpha value is -1.85. The Labute approximate surface area is 101 Å². The smallest absolute Gasteiger partial charge is 0.276 e. The van der Waals surface area contributed by atoms with E-state index in [0.29, 0.717) is 11.6 Å². The van der Waals surface area contributed by atoms with Gasteiger partial charge in [-0.1, -0.05) is 0 Å². The molecule has 0 saturated carbocycles. The summed E-state index contributed by atoms with van der Waals surface area (Å²) in [7, 11) is 1.70. The van der Waals surface area contributed by atoms with Gasteiger partial charge in [-0.2, -0.15) is 0 Å². The van der Waals surface area contributed by atoms with E-state index in [1.54, 1.807) is 7.05 Å². The summed E-state index contributed by atoms with van der Waals surface area (Å²) in [6.45, 7) is 6.82. The maximum atomic E-state index is 10.8. The molecule has 0 unspecified atom stereocenters. The highest BCUT2D eigenvalue weighted by Crippen LogP contribution is 2.24. The number of pyridine rings is 1. The van der Waals surface area contributed by atoms with Crippen LogP contribution in [-0.4, -0.2) is 29.5 Å². The van der Waals surface area contributed by atoms with Crippen molar-refractivity contribution < 1.29 is 4.92 Å². The van der Waals surface area contributed by atoms with Crippen molar-refractivity contribution >= 4 is 17.3 Å². The molecule has 0 atom stereocenters. The summed E-state index contributed by atoms with van der Waals surface area (Å²) in [5, 5.41) is 13.7. The molecule has 1 rings (SSSR count). The highest BCUT2D eigenvalue weighted by Gasteiger charge is 2.16. The van der Waals surface area contributed by atoms with Crippen LogP contribution in [0.3, 0.4) is 0 Å². The van der Waals surface area contributed by atoms with Crippen LogP contribution in [0.25, 0.3) is 0 Å². The second-order valence-corrected chi connectivity index (χ2v) is 3.96. The Kier molecular flexibility index (Phi) is 4.25. The van der Waals surface area contributed by atoms with Gasteiger partial charge in [-0.05, 0) is 20.8 Å². The molecule has 0 aliphatic heterocycles. The van der Waals surface area contributed by atoms with E-state index in [4.69, 9.17) is 0 Å². The van der Waals surface area contributed by atoms with E-state index in [2.05, 4.69) is 10.3 Å². The minimum Gasteiger partial charge on any atom is -0.373 e. The summed E-state index contributed by atoms with van der Waals surface area (Å²) >= 11 is 0. The topological polar surface area (TPSA) is 71.3 Å². The van der Waals surface area contributed by atoms with Crippen molar-refractivity contribution in [1.82, 2.24) is 4.98 Å². The number of hydrogen-bond donors (Lipinski definition) is 1. The first kappa shape index (κ1) is 13.2. The lowest BCUT2D eigenvalue weighted by Gasteiger charge is -2.26. The molecule has 0 saturated heterocycles. The molecule has 0 aromatic carbocycles. The van der Waals surface area contributed by atoms with E-state index in [0.717, 1.165) is 6.54 Å². The maximum absolute atomic E-state index is 10.8. The van der Waals surface area contributed by atoms with Gasteiger partial charge in [0.1, 0.15) is 11.6 Å². The Morgan fingerprint density at radius 2 is 2.18 bits per heavy atom. The highest BCUT2D eigenvalue weighted by atomic mass is 16.6. The van der Waals surface area contributed by atoms with Crippen molar-refractivity contribution in [1.29, 1.82) is 0 Å². The molecule has 0 aliphatic rings.